The molecular weight excluding hydrogens is 338 g/mol. The van der Waals surface area contributed by atoms with Crippen molar-refractivity contribution >= 4 is 29.8 Å². The maximum atomic E-state index is 12.6. The van der Waals surface area contributed by atoms with Crippen molar-refractivity contribution in [3.63, 3.8) is 0 Å². The second kappa shape index (κ2) is 6.54. The lowest BCUT2D eigenvalue weighted by atomic mass is 9.80. The highest BCUT2D eigenvalue weighted by Gasteiger charge is 2.72. The third-order valence-corrected chi connectivity index (χ3v) is 4.30. The molecule has 25 heavy (non-hydrogen) atoms. The Bertz CT molecular complexity index is 677. The molecule has 10 nitrogen and oxygen atoms in total. The van der Waals surface area contributed by atoms with E-state index in [1.165, 1.54) is 0 Å². The van der Waals surface area contributed by atoms with Crippen molar-refractivity contribution in [1.82, 2.24) is 4.90 Å². The van der Waals surface area contributed by atoms with Gasteiger partial charge in [0.05, 0.1) is 34.0 Å². The average molecular weight is 355 g/mol. The zero-order valence-corrected chi connectivity index (χ0v) is 14.1. The molecule has 1 unspecified atom stereocenters. The van der Waals surface area contributed by atoms with E-state index in [4.69, 9.17) is 0 Å². The average Bonchev–Trinajstić information content (AvgIpc) is 3.15. The van der Waals surface area contributed by atoms with Gasteiger partial charge in [-0.25, -0.2) is 14.4 Å². The molecule has 2 aliphatic heterocycles. The lowest BCUT2D eigenvalue weighted by Gasteiger charge is -2.35. The fourth-order valence-corrected chi connectivity index (χ4v) is 3.33. The normalized spacial score (nSPS) is 20.9. The molecule has 0 bridgehead atoms. The maximum absolute atomic E-state index is 12.6. The van der Waals surface area contributed by atoms with Gasteiger partial charge in [0.2, 0.25) is 5.91 Å². The first-order valence-corrected chi connectivity index (χ1v) is 7.21. The summed E-state index contributed by atoms with van der Waals surface area (Å²) in [6, 6.07) is 0. The Morgan fingerprint density at radius 2 is 1.48 bits per heavy atom. The van der Waals surface area contributed by atoms with Crippen LogP contribution in [0.1, 0.15) is 12.8 Å². The Morgan fingerprint density at radius 1 is 0.920 bits per heavy atom. The third-order valence-electron chi connectivity index (χ3n) is 4.30. The van der Waals surface area contributed by atoms with Crippen LogP contribution in [0.5, 0.6) is 0 Å². The number of rotatable bonds is 4. The summed E-state index contributed by atoms with van der Waals surface area (Å²) in [4.78, 5) is 63.1. The number of methoxy groups -OCH3 is 4. The van der Waals surface area contributed by atoms with Crippen LogP contribution in [-0.4, -0.2) is 68.7 Å². The summed E-state index contributed by atoms with van der Waals surface area (Å²) in [5.74, 6) is -6.86. The minimum Gasteiger partial charge on any atom is -0.468 e. The predicted octanol–water partition coefficient (Wildman–Crippen LogP) is -1.08. The molecule has 0 N–H and O–H groups in total. The number of amides is 1. The van der Waals surface area contributed by atoms with Gasteiger partial charge in [-0.1, -0.05) is 0 Å². The molecule has 1 fully saturated rings. The summed E-state index contributed by atoms with van der Waals surface area (Å²) < 4.78 is 18.7. The van der Waals surface area contributed by atoms with Gasteiger partial charge in [-0.15, -0.1) is 0 Å². The van der Waals surface area contributed by atoms with Gasteiger partial charge in [0, 0.05) is 12.1 Å². The molecule has 0 aliphatic carbocycles. The molecule has 0 saturated carbocycles. The number of allylic oxidation sites excluding steroid dienone is 1. The number of fused-ring (bicyclic) bond motifs is 1. The monoisotopic (exact) mass is 355 g/mol. The van der Waals surface area contributed by atoms with Gasteiger partial charge in [-0.05, 0) is 6.42 Å². The fraction of sp³-hybridized carbons (Fsp3) is 0.533. The molecule has 2 aliphatic rings. The minimum atomic E-state index is -2.51. The van der Waals surface area contributed by atoms with Gasteiger partial charge in [-0.3, -0.25) is 14.5 Å². The zero-order valence-electron chi connectivity index (χ0n) is 14.1. The van der Waals surface area contributed by atoms with Crippen LogP contribution in [0, 0.1) is 5.92 Å². The number of ether oxygens (including phenoxy) is 4. The highest BCUT2D eigenvalue weighted by Crippen LogP contribution is 2.49. The van der Waals surface area contributed by atoms with Crippen molar-refractivity contribution < 1.29 is 42.9 Å². The topological polar surface area (TPSA) is 126 Å². The Morgan fingerprint density at radius 3 is 1.92 bits per heavy atom. The van der Waals surface area contributed by atoms with E-state index < -0.39 is 41.2 Å². The summed E-state index contributed by atoms with van der Waals surface area (Å²) in [6.07, 6.45) is -0.00798. The molecule has 10 heteroatoms. The van der Waals surface area contributed by atoms with Crippen LogP contribution in [0.15, 0.2) is 11.3 Å². The van der Waals surface area contributed by atoms with Crippen LogP contribution in [-0.2, 0) is 42.9 Å². The van der Waals surface area contributed by atoms with Gasteiger partial charge < -0.3 is 18.9 Å². The molecule has 2 heterocycles. The van der Waals surface area contributed by atoms with Crippen LogP contribution in [0.4, 0.5) is 0 Å². The predicted molar refractivity (Wildman–Crippen MR) is 77.4 cm³/mol. The molecule has 0 spiro atoms. The Balaban J connectivity index is 2.86. The molecule has 1 saturated heterocycles. The standard InChI is InChI=1S/C15H17NO9/c1-22-11(18)9-7-5-6-8(17)16(7)15(13(20)24-3,14(21)25-4)10(9)12(19)23-2/h10H,5-6H2,1-4H3. The second-order valence-corrected chi connectivity index (χ2v) is 5.29. The lowest BCUT2D eigenvalue weighted by Crippen LogP contribution is -2.64. The SMILES string of the molecule is COC(=O)C1=C2CCC(=O)N2C(C(=O)OC)(C(=O)OC)C1C(=O)OC. The van der Waals surface area contributed by atoms with Crippen molar-refractivity contribution in [2.45, 2.75) is 18.4 Å². The Hall–Kier alpha value is -2.91. The summed E-state index contributed by atoms with van der Waals surface area (Å²) in [5.41, 5.74) is -2.76. The first-order chi connectivity index (χ1) is 11.8. The van der Waals surface area contributed by atoms with E-state index in [-0.39, 0.29) is 24.1 Å². The largest absolute Gasteiger partial charge is 0.468 e. The number of nitrogens with zero attached hydrogens (tertiary/aromatic N) is 1. The zero-order chi connectivity index (χ0) is 18.9. The van der Waals surface area contributed by atoms with Crippen LogP contribution >= 0.6 is 0 Å². The van der Waals surface area contributed by atoms with E-state index in [1.807, 2.05) is 0 Å². The summed E-state index contributed by atoms with van der Waals surface area (Å²) in [6.45, 7) is 0. The highest BCUT2D eigenvalue weighted by atomic mass is 16.6. The van der Waals surface area contributed by atoms with Crippen molar-refractivity contribution in [3.8, 4) is 0 Å². The van der Waals surface area contributed by atoms with Crippen LogP contribution < -0.4 is 0 Å². The Kier molecular flexibility index (Phi) is 4.82. The summed E-state index contributed by atoms with van der Waals surface area (Å²) in [7, 11) is 4.06. The number of hydrogen-bond donors (Lipinski definition) is 0. The number of carbonyl (C=O) groups is 5. The highest BCUT2D eigenvalue weighted by molar-refractivity contribution is 6.17. The molecule has 0 aromatic carbocycles. The van der Waals surface area contributed by atoms with E-state index in [0.717, 1.165) is 33.3 Å². The van der Waals surface area contributed by atoms with E-state index in [0.29, 0.717) is 0 Å². The smallest absolute Gasteiger partial charge is 0.345 e. The van der Waals surface area contributed by atoms with Crippen molar-refractivity contribution in [2.24, 2.45) is 5.92 Å². The Labute approximate surface area is 142 Å². The molecule has 0 aromatic heterocycles. The maximum Gasteiger partial charge on any atom is 0.345 e. The van der Waals surface area contributed by atoms with Crippen molar-refractivity contribution in [3.05, 3.63) is 11.3 Å². The van der Waals surface area contributed by atoms with Gasteiger partial charge >= 0.3 is 23.9 Å². The first-order valence-electron chi connectivity index (χ1n) is 7.21. The van der Waals surface area contributed by atoms with Gasteiger partial charge in [-0.2, -0.15) is 0 Å². The van der Waals surface area contributed by atoms with Crippen molar-refractivity contribution in [2.75, 3.05) is 28.4 Å². The molecule has 2 rings (SSSR count). The van der Waals surface area contributed by atoms with E-state index >= 15 is 0 Å². The van der Waals surface area contributed by atoms with E-state index in [1.54, 1.807) is 0 Å². The first kappa shape index (κ1) is 18.4. The van der Waals surface area contributed by atoms with Gasteiger partial charge in [0.25, 0.3) is 5.54 Å². The van der Waals surface area contributed by atoms with Gasteiger partial charge in [0.15, 0.2) is 0 Å². The van der Waals surface area contributed by atoms with Crippen LogP contribution in [0.25, 0.3) is 0 Å². The number of carbonyl (C=O) groups excluding carboxylic acids is 5. The van der Waals surface area contributed by atoms with Crippen LogP contribution in [0.3, 0.4) is 0 Å². The van der Waals surface area contributed by atoms with Crippen LogP contribution in [0.2, 0.25) is 0 Å². The lowest BCUT2D eigenvalue weighted by molar-refractivity contribution is -0.180. The molecule has 136 valence electrons. The summed E-state index contributed by atoms with van der Waals surface area (Å²) in [5, 5.41) is 0. The quantitative estimate of drug-likeness (QED) is 0.352. The number of esters is 4. The minimum absolute atomic E-state index is 0.0445. The van der Waals surface area contributed by atoms with E-state index in [2.05, 4.69) is 18.9 Å². The molecule has 0 aromatic rings. The third kappa shape index (κ3) is 2.28. The fourth-order valence-electron chi connectivity index (χ4n) is 3.33. The molecule has 1 atom stereocenters. The number of hydrogen-bond acceptors (Lipinski definition) is 9. The van der Waals surface area contributed by atoms with Gasteiger partial charge in [0.1, 0.15) is 5.92 Å². The molecular formula is C15H17NO9. The van der Waals surface area contributed by atoms with Crippen molar-refractivity contribution in [1.29, 1.82) is 0 Å². The van der Waals surface area contributed by atoms with E-state index in [9.17, 15) is 24.0 Å². The summed E-state index contributed by atoms with van der Waals surface area (Å²) >= 11 is 0. The molecule has 1 amide bonds. The second-order valence-electron chi connectivity index (χ2n) is 5.29. The molecule has 0 radical (unpaired) electrons.